The van der Waals surface area contributed by atoms with Crippen molar-refractivity contribution in [2.24, 2.45) is 5.41 Å². The van der Waals surface area contributed by atoms with Crippen LogP contribution >= 0.6 is 0 Å². The summed E-state index contributed by atoms with van der Waals surface area (Å²) in [6.07, 6.45) is 0.0432. The molecule has 0 bridgehead atoms. The molecule has 0 radical (unpaired) electrons. The Morgan fingerprint density at radius 2 is 1.42 bits per heavy atom. The van der Waals surface area contributed by atoms with E-state index < -0.39 is 21.8 Å². The molecule has 0 aliphatic heterocycles. The van der Waals surface area contributed by atoms with E-state index in [1.165, 1.54) is 11.1 Å². The second-order valence-corrected chi connectivity index (χ2v) is 17.0. The molecule has 0 saturated heterocycles. The van der Waals surface area contributed by atoms with E-state index in [-0.39, 0.29) is 41.3 Å². The summed E-state index contributed by atoms with van der Waals surface area (Å²) in [5.41, 5.74) is 7.62. The highest BCUT2D eigenvalue weighted by Crippen LogP contribution is 2.36. The third-order valence-electron chi connectivity index (χ3n) is 8.81. The fraction of sp³-hybridized carbons (Fsp3) is 0.381. The Bertz CT molecular complexity index is 1880. The number of anilines is 1. The van der Waals surface area contributed by atoms with Gasteiger partial charge in [-0.15, -0.1) is 0 Å². The van der Waals surface area contributed by atoms with Crippen molar-refractivity contribution in [3.8, 4) is 16.9 Å². The standard InChI is InChI=1S/C42H51NO6S/c1-28-26-34(42(6,7)8)19-24-37(28)31-15-20-35(21-16-31)43-40(45)39(33-17-22-36(23-18-33)49-27-41(3,4)5)29(2)30-11-13-32(14-12-30)38(44)10-9-25-50(46,47)48/h11-24,26,29,39H,9-10,25,27H2,1-8H3,(H,43,45)(H,46,47,48). The summed E-state index contributed by atoms with van der Waals surface area (Å²) < 4.78 is 37.0. The monoisotopic (exact) mass is 697 g/mol. The molecule has 0 aliphatic carbocycles. The predicted octanol–water partition coefficient (Wildman–Crippen LogP) is 9.76. The second kappa shape index (κ2) is 15.7. The number of nitrogens with one attached hydrogen (secondary N) is 1. The molecule has 0 saturated carbocycles. The highest BCUT2D eigenvalue weighted by Gasteiger charge is 2.29. The van der Waals surface area contributed by atoms with Gasteiger partial charge in [-0.3, -0.25) is 14.1 Å². The number of hydrogen-bond acceptors (Lipinski definition) is 5. The molecule has 1 amide bonds. The molecular formula is C42H51NO6S. The zero-order valence-electron chi connectivity index (χ0n) is 30.5. The smallest absolute Gasteiger partial charge is 0.264 e. The van der Waals surface area contributed by atoms with Crippen LogP contribution in [0.3, 0.4) is 0 Å². The SMILES string of the molecule is Cc1cc(C(C)(C)C)ccc1-c1ccc(NC(=O)C(c2ccc(OCC(C)(C)C)cc2)C(C)c2ccc(C(=O)CCCS(=O)(=O)O)cc2)cc1. The van der Waals surface area contributed by atoms with Crippen molar-refractivity contribution in [1.29, 1.82) is 0 Å². The summed E-state index contributed by atoms with van der Waals surface area (Å²) >= 11 is 0. The van der Waals surface area contributed by atoms with Crippen LogP contribution in [0.1, 0.15) is 106 Å². The van der Waals surface area contributed by atoms with E-state index in [1.54, 1.807) is 12.1 Å². The zero-order chi connectivity index (χ0) is 36.9. The lowest BCUT2D eigenvalue weighted by Crippen LogP contribution is -2.25. The van der Waals surface area contributed by atoms with Crippen molar-refractivity contribution in [3.05, 3.63) is 119 Å². The Labute approximate surface area is 298 Å². The molecule has 4 aromatic rings. The third-order valence-corrected chi connectivity index (χ3v) is 9.62. The number of carbonyl (C=O) groups excluding carboxylic acids is 2. The van der Waals surface area contributed by atoms with Crippen molar-refractivity contribution >= 4 is 27.5 Å². The lowest BCUT2D eigenvalue weighted by atomic mass is 9.81. The fourth-order valence-electron chi connectivity index (χ4n) is 5.87. The van der Waals surface area contributed by atoms with Crippen molar-refractivity contribution < 1.29 is 27.3 Å². The molecule has 8 heteroatoms. The average molecular weight is 698 g/mol. The van der Waals surface area contributed by atoms with Gasteiger partial charge in [0.1, 0.15) is 5.75 Å². The van der Waals surface area contributed by atoms with Crippen LogP contribution in [-0.2, 0) is 20.3 Å². The molecule has 0 fully saturated rings. The molecule has 0 aromatic heterocycles. The number of amides is 1. The number of Topliss-reactive ketones (excluding diaryl/α,β-unsaturated/α-hetero) is 1. The minimum absolute atomic E-state index is 0.00378. The van der Waals surface area contributed by atoms with Crippen LogP contribution in [0.4, 0.5) is 5.69 Å². The Morgan fingerprint density at radius 3 is 1.96 bits per heavy atom. The summed E-state index contributed by atoms with van der Waals surface area (Å²) in [5.74, 6) is -0.925. The number of benzene rings is 4. The highest BCUT2D eigenvalue weighted by atomic mass is 32.2. The van der Waals surface area contributed by atoms with Crippen LogP contribution in [-0.4, -0.2) is 37.0 Å². The van der Waals surface area contributed by atoms with Gasteiger partial charge in [0.15, 0.2) is 5.78 Å². The Hall–Kier alpha value is -4.27. The first-order valence-corrected chi connectivity index (χ1v) is 18.8. The van der Waals surface area contributed by atoms with Crippen LogP contribution in [0.2, 0.25) is 0 Å². The molecule has 2 atom stereocenters. The largest absolute Gasteiger partial charge is 0.493 e. The van der Waals surface area contributed by atoms with Gasteiger partial charge in [0.25, 0.3) is 10.1 Å². The predicted molar refractivity (Wildman–Crippen MR) is 203 cm³/mol. The average Bonchev–Trinajstić information content (AvgIpc) is 3.03. The van der Waals surface area contributed by atoms with Crippen LogP contribution in [0.5, 0.6) is 5.75 Å². The van der Waals surface area contributed by atoms with Gasteiger partial charge < -0.3 is 10.1 Å². The van der Waals surface area contributed by atoms with Gasteiger partial charge in [0, 0.05) is 17.7 Å². The molecule has 2 unspecified atom stereocenters. The third kappa shape index (κ3) is 10.9. The normalized spacial score (nSPS) is 13.4. The minimum Gasteiger partial charge on any atom is -0.493 e. The maximum absolute atomic E-state index is 14.1. The van der Waals surface area contributed by atoms with E-state index >= 15 is 0 Å². The van der Waals surface area contributed by atoms with E-state index in [9.17, 15) is 18.0 Å². The van der Waals surface area contributed by atoms with Crippen molar-refractivity contribution in [1.82, 2.24) is 0 Å². The first-order chi connectivity index (χ1) is 23.3. The summed E-state index contributed by atoms with van der Waals surface area (Å²) in [5, 5.41) is 3.14. The fourth-order valence-corrected chi connectivity index (χ4v) is 6.38. The van der Waals surface area contributed by atoms with E-state index in [1.807, 2.05) is 67.6 Å². The molecular weight excluding hydrogens is 647 g/mol. The number of carbonyl (C=O) groups is 2. The Kier molecular flexibility index (Phi) is 12.1. The van der Waals surface area contributed by atoms with E-state index in [0.717, 1.165) is 28.0 Å². The van der Waals surface area contributed by atoms with Gasteiger partial charge in [0.2, 0.25) is 5.91 Å². The van der Waals surface area contributed by atoms with Crippen LogP contribution in [0.15, 0.2) is 91.0 Å². The topological polar surface area (TPSA) is 110 Å². The first kappa shape index (κ1) is 38.5. The molecule has 266 valence electrons. The van der Waals surface area contributed by atoms with Crippen LogP contribution in [0.25, 0.3) is 11.1 Å². The molecule has 4 aromatic carbocycles. The van der Waals surface area contributed by atoms with Crippen LogP contribution < -0.4 is 10.1 Å². The molecule has 0 heterocycles. The number of hydrogen-bond donors (Lipinski definition) is 2. The lowest BCUT2D eigenvalue weighted by Gasteiger charge is -2.25. The van der Waals surface area contributed by atoms with E-state index in [2.05, 4.69) is 72.0 Å². The second-order valence-electron chi connectivity index (χ2n) is 15.5. The number of ketones is 1. The molecule has 0 aliphatic rings. The van der Waals surface area contributed by atoms with Gasteiger partial charge >= 0.3 is 0 Å². The van der Waals surface area contributed by atoms with Crippen molar-refractivity contribution in [2.75, 3.05) is 17.7 Å². The number of ether oxygens (including phenoxy) is 1. The van der Waals surface area contributed by atoms with Crippen molar-refractivity contribution in [2.45, 2.75) is 85.5 Å². The van der Waals surface area contributed by atoms with Gasteiger partial charge in [-0.25, -0.2) is 0 Å². The maximum atomic E-state index is 14.1. The number of rotatable bonds is 13. The summed E-state index contributed by atoms with van der Waals surface area (Å²) in [6, 6.07) is 29.2. The van der Waals surface area contributed by atoms with Gasteiger partial charge in [-0.1, -0.05) is 115 Å². The molecule has 50 heavy (non-hydrogen) atoms. The quantitative estimate of drug-likeness (QED) is 0.106. The number of aryl methyl sites for hydroxylation is 1. The van der Waals surface area contributed by atoms with Gasteiger partial charge in [-0.05, 0) is 87.7 Å². The highest BCUT2D eigenvalue weighted by molar-refractivity contribution is 7.85. The van der Waals surface area contributed by atoms with E-state index in [4.69, 9.17) is 9.29 Å². The van der Waals surface area contributed by atoms with Crippen LogP contribution in [0, 0.1) is 12.3 Å². The van der Waals surface area contributed by atoms with Crippen molar-refractivity contribution in [3.63, 3.8) is 0 Å². The minimum atomic E-state index is -4.12. The molecule has 0 spiro atoms. The molecule has 2 N–H and O–H groups in total. The Balaban J connectivity index is 1.57. The molecule has 7 nitrogen and oxygen atoms in total. The van der Waals surface area contributed by atoms with E-state index in [0.29, 0.717) is 17.9 Å². The van der Waals surface area contributed by atoms with Gasteiger partial charge in [0.05, 0.1) is 18.3 Å². The summed E-state index contributed by atoms with van der Waals surface area (Å²) in [7, 11) is -4.12. The Morgan fingerprint density at radius 1 is 0.820 bits per heavy atom. The zero-order valence-corrected chi connectivity index (χ0v) is 31.4. The maximum Gasteiger partial charge on any atom is 0.264 e. The summed E-state index contributed by atoms with van der Waals surface area (Å²) in [4.78, 5) is 26.8. The van der Waals surface area contributed by atoms with Gasteiger partial charge in [-0.2, -0.15) is 8.42 Å². The lowest BCUT2D eigenvalue weighted by molar-refractivity contribution is -0.118. The summed E-state index contributed by atoms with van der Waals surface area (Å²) in [6.45, 7) is 17.6. The first-order valence-electron chi connectivity index (χ1n) is 17.1. The molecule has 4 rings (SSSR count).